The minimum atomic E-state index is -0.399. The van der Waals surface area contributed by atoms with Crippen molar-refractivity contribution in [2.45, 2.75) is 20.3 Å². The van der Waals surface area contributed by atoms with Crippen LogP contribution in [-0.2, 0) is 11.2 Å². The molecule has 29 heavy (non-hydrogen) atoms. The van der Waals surface area contributed by atoms with Gasteiger partial charge in [0.15, 0.2) is 0 Å². The van der Waals surface area contributed by atoms with E-state index >= 15 is 0 Å². The molecule has 7 nitrogen and oxygen atoms in total. The summed E-state index contributed by atoms with van der Waals surface area (Å²) < 4.78 is 4.94. The summed E-state index contributed by atoms with van der Waals surface area (Å²) in [6.45, 7) is 4.14. The number of rotatable bonds is 7. The van der Waals surface area contributed by atoms with E-state index < -0.39 is 5.97 Å². The fourth-order valence-electron chi connectivity index (χ4n) is 2.70. The molecule has 0 aliphatic heterocycles. The summed E-state index contributed by atoms with van der Waals surface area (Å²) in [5.74, 6) is -0.230. The van der Waals surface area contributed by atoms with Crippen molar-refractivity contribution in [3.63, 3.8) is 0 Å². The van der Waals surface area contributed by atoms with Crippen molar-refractivity contribution in [3.8, 4) is 0 Å². The number of para-hydroxylation sites is 1. The van der Waals surface area contributed by atoms with E-state index in [9.17, 15) is 9.59 Å². The first-order valence-electron chi connectivity index (χ1n) is 9.36. The van der Waals surface area contributed by atoms with Gasteiger partial charge >= 0.3 is 5.97 Å². The van der Waals surface area contributed by atoms with Crippen LogP contribution in [0, 0.1) is 0 Å². The maximum atomic E-state index is 12.4. The molecule has 7 heteroatoms. The number of carbonyl (C=O) groups excluding carboxylic acids is 2. The summed E-state index contributed by atoms with van der Waals surface area (Å²) in [5, 5.41) is 5.95. The predicted molar refractivity (Wildman–Crippen MR) is 111 cm³/mol. The van der Waals surface area contributed by atoms with Crippen molar-refractivity contribution in [2.75, 3.05) is 17.2 Å². The van der Waals surface area contributed by atoms with Crippen LogP contribution in [0.4, 0.5) is 17.2 Å². The van der Waals surface area contributed by atoms with Gasteiger partial charge in [0, 0.05) is 11.4 Å². The van der Waals surface area contributed by atoms with Gasteiger partial charge in [0.1, 0.15) is 11.5 Å². The second kappa shape index (κ2) is 9.45. The molecular formula is C22H22N4O3. The number of hydrogen-bond donors (Lipinski definition) is 2. The lowest BCUT2D eigenvalue weighted by molar-refractivity contribution is 0.0526. The first-order valence-corrected chi connectivity index (χ1v) is 9.36. The van der Waals surface area contributed by atoms with Crippen molar-refractivity contribution in [3.05, 3.63) is 77.7 Å². The topological polar surface area (TPSA) is 93.2 Å². The highest BCUT2D eigenvalue weighted by atomic mass is 16.5. The molecular weight excluding hydrogens is 368 g/mol. The fraction of sp³-hybridized carbons (Fsp3) is 0.182. The van der Waals surface area contributed by atoms with E-state index in [1.807, 2.05) is 24.3 Å². The Labute approximate surface area is 169 Å². The van der Waals surface area contributed by atoms with Crippen LogP contribution in [0.25, 0.3) is 0 Å². The number of esters is 1. The molecule has 0 saturated heterocycles. The molecule has 3 rings (SSSR count). The Morgan fingerprint density at radius 1 is 0.966 bits per heavy atom. The molecule has 1 aromatic heterocycles. The molecule has 1 amide bonds. The molecule has 2 N–H and O–H groups in total. The van der Waals surface area contributed by atoms with Crippen LogP contribution in [0.1, 0.15) is 40.3 Å². The molecule has 0 aliphatic rings. The second-order valence-electron chi connectivity index (χ2n) is 6.17. The van der Waals surface area contributed by atoms with Gasteiger partial charge in [-0.1, -0.05) is 25.1 Å². The monoisotopic (exact) mass is 390 g/mol. The average Bonchev–Trinajstić information content (AvgIpc) is 2.75. The van der Waals surface area contributed by atoms with E-state index in [0.717, 1.165) is 12.1 Å². The number of nitrogens with one attached hydrogen (secondary N) is 2. The molecule has 0 aliphatic carbocycles. The molecule has 148 valence electrons. The van der Waals surface area contributed by atoms with Gasteiger partial charge in [-0.2, -0.15) is 0 Å². The quantitative estimate of drug-likeness (QED) is 0.587. The molecule has 2 aromatic carbocycles. The third-order valence-electron chi connectivity index (χ3n) is 4.20. The highest BCUT2D eigenvalue weighted by Gasteiger charge is 2.11. The smallest absolute Gasteiger partial charge is 0.338 e. The van der Waals surface area contributed by atoms with E-state index in [1.54, 1.807) is 31.2 Å². The first-order chi connectivity index (χ1) is 14.1. The van der Waals surface area contributed by atoms with Gasteiger partial charge in [-0.05, 0) is 49.2 Å². The molecule has 0 bridgehead atoms. The molecule has 0 fully saturated rings. The van der Waals surface area contributed by atoms with Crippen LogP contribution >= 0.6 is 0 Å². The van der Waals surface area contributed by atoms with Crippen LogP contribution in [-0.4, -0.2) is 28.5 Å². The van der Waals surface area contributed by atoms with E-state index in [-0.39, 0.29) is 11.6 Å². The Morgan fingerprint density at radius 2 is 1.72 bits per heavy atom. The molecule has 0 spiro atoms. The Bertz CT molecular complexity index is 986. The fourth-order valence-corrected chi connectivity index (χ4v) is 2.70. The van der Waals surface area contributed by atoms with E-state index in [2.05, 4.69) is 27.5 Å². The molecule has 0 unspecified atom stereocenters. The van der Waals surface area contributed by atoms with Crippen LogP contribution in [0.15, 0.2) is 60.9 Å². The normalized spacial score (nSPS) is 10.3. The number of hydrogen-bond acceptors (Lipinski definition) is 6. The van der Waals surface area contributed by atoms with Gasteiger partial charge in [-0.25, -0.2) is 14.8 Å². The van der Waals surface area contributed by atoms with Gasteiger partial charge in [0.05, 0.1) is 24.6 Å². The Morgan fingerprint density at radius 3 is 2.38 bits per heavy atom. The van der Waals surface area contributed by atoms with Gasteiger partial charge in [-0.3, -0.25) is 4.79 Å². The summed E-state index contributed by atoms with van der Waals surface area (Å²) in [4.78, 5) is 32.5. The van der Waals surface area contributed by atoms with Crippen molar-refractivity contribution in [1.29, 1.82) is 0 Å². The van der Waals surface area contributed by atoms with E-state index in [0.29, 0.717) is 23.7 Å². The predicted octanol–water partition coefficient (Wildman–Crippen LogP) is 4.21. The van der Waals surface area contributed by atoms with Gasteiger partial charge in [-0.15, -0.1) is 0 Å². The van der Waals surface area contributed by atoms with Crippen LogP contribution in [0.5, 0.6) is 0 Å². The maximum Gasteiger partial charge on any atom is 0.338 e. The minimum Gasteiger partial charge on any atom is -0.462 e. The zero-order chi connectivity index (χ0) is 20.6. The highest BCUT2D eigenvalue weighted by molar-refractivity contribution is 6.03. The van der Waals surface area contributed by atoms with Gasteiger partial charge in [0.2, 0.25) is 0 Å². The van der Waals surface area contributed by atoms with E-state index in [1.165, 1.54) is 18.0 Å². The summed E-state index contributed by atoms with van der Waals surface area (Å²) in [6, 6.07) is 14.4. The highest BCUT2D eigenvalue weighted by Crippen LogP contribution is 2.19. The molecule has 0 radical (unpaired) electrons. The summed E-state index contributed by atoms with van der Waals surface area (Å²) in [7, 11) is 0. The molecule has 1 heterocycles. The minimum absolute atomic E-state index is 0.189. The maximum absolute atomic E-state index is 12.4. The SMILES string of the molecule is CCOC(=O)c1ccc(NC(=O)c2cnc(Nc3ccccc3CC)cn2)cc1. The number of carbonyl (C=O) groups is 2. The molecule has 0 saturated carbocycles. The lowest BCUT2D eigenvalue weighted by Crippen LogP contribution is -2.14. The van der Waals surface area contributed by atoms with Crippen molar-refractivity contribution >= 4 is 29.1 Å². The lowest BCUT2D eigenvalue weighted by atomic mass is 10.1. The number of aryl methyl sites for hydroxylation is 1. The zero-order valence-corrected chi connectivity index (χ0v) is 16.3. The van der Waals surface area contributed by atoms with Gasteiger partial charge < -0.3 is 15.4 Å². The largest absolute Gasteiger partial charge is 0.462 e. The molecule has 0 atom stereocenters. The number of anilines is 3. The average molecular weight is 390 g/mol. The number of nitrogens with zero attached hydrogens (tertiary/aromatic N) is 2. The Kier molecular flexibility index (Phi) is 6.52. The Hall–Kier alpha value is -3.74. The third-order valence-corrected chi connectivity index (χ3v) is 4.20. The van der Waals surface area contributed by atoms with E-state index in [4.69, 9.17) is 4.74 Å². The number of benzene rings is 2. The zero-order valence-electron chi connectivity index (χ0n) is 16.3. The lowest BCUT2D eigenvalue weighted by Gasteiger charge is -2.10. The van der Waals surface area contributed by atoms with Crippen LogP contribution in [0.3, 0.4) is 0 Å². The van der Waals surface area contributed by atoms with Crippen molar-refractivity contribution in [2.24, 2.45) is 0 Å². The molecule has 3 aromatic rings. The summed E-state index contributed by atoms with van der Waals surface area (Å²) in [6.07, 6.45) is 3.83. The van der Waals surface area contributed by atoms with Crippen molar-refractivity contribution in [1.82, 2.24) is 9.97 Å². The standard InChI is InChI=1S/C22H22N4O3/c1-3-15-7-5-6-8-18(15)26-20-14-23-19(13-24-20)21(27)25-17-11-9-16(10-12-17)22(28)29-4-2/h5-14H,3-4H2,1-2H3,(H,24,26)(H,25,27). The number of aromatic nitrogens is 2. The second-order valence-corrected chi connectivity index (χ2v) is 6.17. The Balaban J connectivity index is 1.64. The van der Waals surface area contributed by atoms with Crippen LogP contribution in [0.2, 0.25) is 0 Å². The third kappa shape index (κ3) is 5.16. The van der Waals surface area contributed by atoms with Crippen LogP contribution < -0.4 is 10.6 Å². The summed E-state index contributed by atoms with van der Waals surface area (Å²) in [5.41, 5.74) is 3.29. The summed E-state index contributed by atoms with van der Waals surface area (Å²) >= 11 is 0. The number of ether oxygens (including phenoxy) is 1. The van der Waals surface area contributed by atoms with Crippen molar-refractivity contribution < 1.29 is 14.3 Å². The first kappa shape index (κ1) is 20.0. The van der Waals surface area contributed by atoms with Gasteiger partial charge in [0.25, 0.3) is 5.91 Å². The number of amides is 1.